The minimum Gasteiger partial charge on any atom is -0.490 e. The fourth-order valence-electron chi connectivity index (χ4n) is 1.99. The Morgan fingerprint density at radius 1 is 1.33 bits per heavy atom. The molecular formula is C15H15N2O4+. The molecule has 0 fully saturated rings. The van der Waals surface area contributed by atoms with Crippen molar-refractivity contribution in [2.75, 3.05) is 7.11 Å². The molecule has 0 saturated carbocycles. The third-order valence-electron chi connectivity index (χ3n) is 3.18. The summed E-state index contributed by atoms with van der Waals surface area (Å²) in [6, 6.07) is 9.83. The second kappa shape index (κ2) is 6.13. The predicted molar refractivity (Wildman–Crippen MR) is 75.4 cm³/mol. The molecule has 0 saturated heterocycles. The van der Waals surface area contributed by atoms with Crippen molar-refractivity contribution in [1.29, 1.82) is 0 Å². The van der Waals surface area contributed by atoms with Crippen LogP contribution in [0.15, 0.2) is 42.6 Å². The summed E-state index contributed by atoms with van der Waals surface area (Å²) in [4.78, 5) is 22.7. The van der Waals surface area contributed by atoms with Crippen molar-refractivity contribution in [2.45, 2.75) is 13.5 Å². The summed E-state index contributed by atoms with van der Waals surface area (Å²) in [6.45, 7) is 2.03. The molecule has 2 rings (SSSR count). The van der Waals surface area contributed by atoms with Gasteiger partial charge in [0.25, 0.3) is 0 Å². The van der Waals surface area contributed by atoms with Gasteiger partial charge >= 0.3 is 5.69 Å². The lowest BCUT2D eigenvalue weighted by Crippen LogP contribution is -2.40. The Labute approximate surface area is 121 Å². The number of ether oxygens (including phenoxy) is 1. The van der Waals surface area contributed by atoms with Gasteiger partial charge in [-0.1, -0.05) is 6.07 Å². The smallest absolute Gasteiger partial charge is 0.311 e. The van der Waals surface area contributed by atoms with Crippen LogP contribution in [0, 0.1) is 17.0 Å². The summed E-state index contributed by atoms with van der Waals surface area (Å²) in [5.41, 5.74) is 1.02. The molecule has 0 aliphatic carbocycles. The maximum atomic E-state index is 12.3. The molecule has 2 aromatic rings. The lowest BCUT2D eigenvalue weighted by Gasteiger charge is -2.04. The van der Waals surface area contributed by atoms with Gasteiger partial charge < -0.3 is 4.74 Å². The first kappa shape index (κ1) is 14.6. The maximum Gasteiger partial charge on any atom is 0.311 e. The van der Waals surface area contributed by atoms with E-state index in [4.69, 9.17) is 4.74 Å². The molecule has 0 unspecified atom stereocenters. The van der Waals surface area contributed by atoms with E-state index < -0.39 is 4.92 Å². The van der Waals surface area contributed by atoms with Gasteiger partial charge in [-0.15, -0.1) is 0 Å². The van der Waals surface area contributed by atoms with Gasteiger partial charge in [0, 0.05) is 30.7 Å². The van der Waals surface area contributed by atoms with Crippen LogP contribution in [0.25, 0.3) is 0 Å². The van der Waals surface area contributed by atoms with Crippen LogP contribution in [-0.4, -0.2) is 17.8 Å². The quantitative estimate of drug-likeness (QED) is 0.365. The van der Waals surface area contributed by atoms with E-state index in [0.717, 1.165) is 5.69 Å². The highest BCUT2D eigenvalue weighted by Crippen LogP contribution is 2.27. The van der Waals surface area contributed by atoms with Crippen LogP contribution in [0.1, 0.15) is 16.1 Å². The zero-order valence-electron chi connectivity index (χ0n) is 11.8. The SMILES string of the molecule is COc1ccc(C(=O)C[n+]2ccccc2C)cc1[N+](=O)[O-]. The first-order valence-corrected chi connectivity index (χ1v) is 6.33. The maximum absolute atomic E-state index is 12.3. The third kappa shape index (κ3) is 3.22. The Bertz CT molecular complexity index is 698. The number of carbonyl (C=O) groups excluding carboxylic acids is 1. The number of aryl methyl sites for hydroxylation is 1. The van der Waals surface area contributed by atoms with E-state index in [9.17, 15) is 14.9 Å². The molecule has 1 aromatic carbocycles. The number of aromatic nitrogens is 1. The minimum absolute atomic E-state index is 0.135. The van der Waals surface area contributed by atoms with Gasteiger partial charge in [0.15, 0.2) is 17.6 Å². The number of benzene rings is 1. The zero-order valence-corrected chi connectivity index (χ0v) is 11.8. The van der Waals surface area contributed by atoms with E-state index in [1.54, 1.807) is 10.8 Å². The molecule has 0 aliphatic rings. The Morgan fingerprint density at radius 3 is 2.71 bits per heavy atom. The van der Waals surface area contributed by atoms with Gasteiger partial charge in [-0.25, -0.2) is 0 Å². The predicted octanol–water partition coefficient (Wildman–Crippen LogP) is 2.08. The Hall–Kier alpha value is -2.76. The average molecular weight is 287 g/mol. The van der Waals surface area contributed by atoms with E-state index in [0.29, 0.717) is 5.56 Å². The van der Waals surface area contributed by atoms with Crippen LogP contribution in [0.2, 0.25) is 0 Å². The molecule has 0 N–H and O–H groups in total. The van der Waals surface area contributed by atoms with Gasteiger partial charge in [-0.3, -0.25) is 14.9 Å². The van der Waals surface area contributed by atoms with Crippen molar-refractivity contribution >= 4 is 11.5 Å². The fraction of sp³-hybridized carbons (Fsp3) is 0.200. The Morgan fingerprint density at radius 2 is 2.10 bits per heavy atom. The first-order valence-electron chi connectivity index (χ1n) is 6.33. The van der Waals surface area contributed by atoms with Gasteiger partial charge in [0.2, 0.25) is 12.3 Å². The van der Waals surface area contributed by atoms with Crippen LogP contribution in [0.4, 0.5) is 5.69 Å². The molecule has 1 heterocycles. The Balaban J connectivity index is 2.30. The van der Waals surface area contributed by atoms with Crippen LogP contribution in [-0.2, 0) is 6.54 Å². The summed E-state index contributed by atoms with van der Waals surface area (Å²) in [5, 5.41) is 11.0. The highest BCUT2D eigenvalue weighted by Gasteiger charge is 2.20. The standard InChI is InChI=1S/C15H15N2O4/c1-11-5-3-4-8-16(11)10-14(18)12-6-7-15(21-2)13(9-12)17(19)20/h3-9H,10H2,1-2H3/q+1. The molecule has 108 valence electrons. The van der Waals surface area contributed by atoms with Crippen molar-refractivity contribution in [3.05, 3.63) is 64.0 Å². The molecule has 1 aromatic heterocycles. The molecular weight excluding hydrogens is 272 g/mol. The van der Waals surface area contributed by atoms with Crippen molar-refractivity contribution in [3.8, 4) is 5.75 Å². The molecule has 0 spiro atoms. The third-order valence-corrected chi connectivity index (χ3v) is 3.18. The number of nitro benzene ring substituents is 1. The number of carbonyl (C=O) groups is 1. The molecule has 0 radical (unpaired) electrons. The Kier molecular flexibility index (Phi) is 4.27. The zero-order chi connectivity index (χ0) is 15.4. The molecule has 0 aliphatic heterocycles. The molecule has 0 atom stereocenters. The minimum atomic E-state index is -0.559. The van der Waals surface area contributed by atoms with E-state index in [-0.39, 0.29) is 23.8 Å². The lowest BCUT2D eigenvalue weighted by molar-refractivity contribution is -0.689. The molecule has 0 amide bonds. The number of methoxy groups -OCH3 is 1. The number of pyridine rings is 1. The van der Waals surface area contributed by atoms with Crippen LogP contribution in [0.3, 0.4) is 0 Å². The number of hydrogen-bond acceptors (Lipinski definition) is 4. The van der Waals surface area contributed by atoms with Crippen LogP contribution >= 0.6 is 0 Å². The van der Waals surface area contributed by atoms with E-state index in [2.05, 4.69) is 0 Å². The highest BCUT2D eigenvalue weighted by atomic mass is 16.6. The summed E-state index contributed by atoms with van der Waals surface area (Å²) in [5.74, 6) is -0.0554. The van der Waals surface area contributed by atoms with Crippen molar-refractivity contribution < 1.29 is 19.0 Å². The number of ketones is 1. The number of nitro groups is 1. The second-order valence-corrected chi connectivity index (χ2v) is 4.54. The number of Topliss-reactive ketones (excluding diaryl/α,β-unsaturated/α-hetero) is 1. The highest BCUT2D eigenvalue weighted by molar-refractivity contribution is 5.96. The van der Waals surface area contributed by atoms with E-state index in [1.807, 2.05) is 25.1 Å². The lowest BCUT2D eigenvalue weighted by atomic mass is 10.1. The summed E-state index contributed by atoms with van der Waals surface area (Å²) in [6.07, 6.45) is 1.80. The van der Waals surface area contributed by atoms with Gasteiger partial charge in [0.1, 0.15) is 0 Å². The second-order valence-electron chi connectivity index (χ2n) is 4.54. The topological polar surface area (TPSA) is 73.3 Å². The van der Waals surface area contributed by atoms with Gasteiger partial charge in [-0.05, 0) is 12.1 Å². The largest absolute Gasteiger partial charge is 0.490 e. The van der Waals surface area contributed by atoms with Crippen molar-refractivity contribution in [2.24, 2.45) is 0 Å². The summed E-state index contributed by atoms with van der Waals surface area (Å²) in [7, 11) is 1.35. The molecule has 21 heavy (non-hydrogen) atoms. The van der Waals surface area contributed by atoms with Gasteiger partial charge in [0.05, 0.1) is 12.0 Å². The van der Waals surface area contributed by atoms with Crippen molar-refractivity contribution in [1.82, 2.24) is 0 Å². The number of rotatable bonds is 5. The number of hydrogen-bond donors (Lipinski definition) is 0. The number of nitrogens with zero attached hydrogens (tertiary/aromatic N) is 2. The summed E-state index contributed by atoms with van der Waals surface area (Å²) < 4.78 is 6.71. The molecule has 6 heteroatoms. The monoisotopic (exact) mass is 287 g/mol. The van der Waals surface area contributed by atoms with Crippen molar-refractivity contribution in [3.63, 3.8) is 0 Å². The fourth-order valence-corrected chi connectivity index (χ4v) is 1.99. The molecule has 0 bridgehead atoms. The first-order chi connectivity index (χ1) is 10.0. The normalized spacial score (nSPS) is 10.2. The summed E-state index contributed by atoms with van der Waals surface area (Å²) >= 11 is 0. The van der Waals surface area contributed by atoms with E-state index >= 15 is 0 Å². The van der Waals surface area contributed by atoms with Crippen LogP contribution < -0.4 is 9.30 Å². The van der Waals surface area contributed by atoms with E-state index in [1.165, 1.54) is 25.3 Å². The molecule has 6 nitrogen and oxygen atoms in total. The van der Waals surface area contributed by atoms with Crippen LogP contribution in [0.5, 0.6) is 5.75 Å². The van der Waals surface area contributed by atoms with Gasteiger partial charge in [-0.2, -0.15) is 4.57 Å². The average Bonchev–Trinajstić information content (AvgIpc) is 2.48.